The molecule has 0 fully saturated rings. The maximum absolute atomic E-state index is 13.1. The molecule has 0 saturated carbocycles. The molecule has 35 heavy (non-hydrogen) atoms. The molecule has 0 unspecified atom stereocenters. The normalized spacial score (nSPS) is 10.9. The highest BCUT2D eigenvalue weighted by Gasteiger charge is 2.20. The number of carbonyl (C=O) groups is 2. The minimum atomic E-state index is -0.394. The second-order valence-corrected chi connectivity index (χ2v) is 9.24. The molecule has 0 saturated heterocycles. The first-order valence-electron chi connectivity index (χ1n) is 10.9. The van der Waals surface area contributed by atoms with Crippen molar-refractivity contribution >= 4 is 56.3 Å². The number of thiophene rings is 1. The highest BCUT2D eigenvalue weighted by Crippen LogP contribution is 2.28. The summed E-state index contributed by atoms with van der Waals surface area (Å²) in [6.07, 6.45) is 1.32. The number of hydrogen-bond donors (Lipinski definition) is 2. The number of hydrogen-bond acceptors (Lipinski definition) is 6. The number of nitrogens with zero attached hydrogens (tertiary/aromatic N) is 2. The molecule has 180 valence electrons. The minimum Gasteiger partial charge on any atom is -0.494 e. The van der Waals surface area contributed by atoms with Crippen LogP contribution in [0.5, 0.6) is 5.75 Å². The Hall–Kier alpha value is -3.69. The van der Waals surface area contributed by atoms with E-state index in [2.05, 4.69) is 15.6 Å². The lowest BCUT2D eigenvalue weighted by atomic mass is 10.2. The van der Waals surface area contributed by atoms with Crippen LogP contribution in [0.2, 0.25) is 5.02 Å². The standard InChI is InChI=1S/C25H23ClN4O4S/c1-4-34-18-9-7-16(8-10-18)29-23(32)22-15(3)21-24(35-22)27-13-30(25(21)33)12-20(31)28-17-6-5-14(2)19(26)11-17/h5-11,13H,4,12H2,1-3H3,(H,28,31)(H,29,32). The Balaban J connectivity index is 1.53. The van der Waals surface area contributed by atoms with Crippen LogP contribution in [0.25, 0.3) is 10.2 Å². The van der Waals surface area contributed by atoms with Crippen molar-refractivity contribution in [3.05, 3.63) is 80.2 Å². The number of aromatic nitrogens is 2. The minimum absolute atomic E-state index is 0.226. The molecule has 0 aliphatic heterocycles. The van der Waals surface area contributed by atoms with Gasteiger partial charge in [0.15, 0.2) is 0 Å². The fourth-order valence-electron chi connectivity index (χ4n) is 3.50. The summed E-state index contributed by atoms with van der Waals surface area (Å²) in [5, 5.41) is 6.42. The third kappa shape index (κ3) is 5.36. The molecular formula is C25H23ClN4O4S. The highest BCUT2D eigenvalue weighted by atomic mass is 35.5. The highest BCUT2D eigenvalue weighted by molar-refractivity contribution is 7.20. The summed E-state index contributed by atoms with van der Waals surface area (Å²) in [6.45, 7) is 5.79. The molecule has 0 bridgehead atoms. The number of halogens is 1. The van der Waals surface area contributed by atoms with Crippen LogP contribution < -0.4 is 20.9 Å². The molecule has 0 spiro atoms. The number of ether oxygens (including phenoxy) is 1. The average Bonchev–Trinajstić information content (AvgIpc) is 3.17. The molecule has 2 N–H and O–H groups in total. The van der Waals surface area contributed by atoms with E-state index in [1.807, 2.05) is 13.8 Å². The summed E-state index contributed by atoms with van der Waals surface area (Å²) in [5.41, 5.74) is 2.17. The first-order valence-corrected chi connectivity index (χ1v) is 12.0. The number of amides is 2. The number of carbonyl (C=O) groups excluding carboxylic acids is 2. The molecule has 0 aliphatic carbocycles. The first kappa shape index (κ1) is 24.4. The van der Waals surface area contributed by atoms with E-state index < -0.39 is 5.91 Å². The Labute approximate surface area is 210 Å². The fraction of sp³-hybridized carbons (Fsp3) is 0.200. The van der Waals surface area contributed by atoms with Crippen LogP contribution in [0.1, 0.15) is 27.7 Å². The van der Waals surface area contributed by atoms with Gasteiger partial charge in [-0.2, -0.15) is 0 Å². The van der Waals surface area contributed by atoms with Crippen molar-refractivity contribution in [3.8, 4) is 5.75 Å². The molecule has 4 aromatic rings. The van der Waals surface area contributed by atoms with Gasteiger partial charge in [0.05, 0.1) is 23.2 Å². The smallest absolute Gasteiger partial charge is 0.266 e. The van der Waals surface area contributed by atoms with Gasteiger partial charge in [0.25, 0.3) is 11.5 Å². The summed E-state index contributed by atoms with van der Waals surface area (Å²) in [5.74, 6) is -0.0214. The summed E-state index contributed by atoms with van der Waals surface area (Å²) >= 11 is 7.24. The van der Waals surface area contributed by atoms with Gasteiger partial charge in [0.1, 0.15) is 17.1 Å². The number of rotatable bonds is 7. The van der Waals surface area contributed by atoms with Crippen molar-refractivity contribution in [1.29, 1.82) is 0 Å². The topological polar surface area (TPSA) is 102 Å². The van der Waals surface area contributed by atoms with Gasteiger partial charge >= 0.3 is 0 Å². The van der Waals surface area contributed by atoms with E-state index in [1.54, 1.807) is 49.4 Å². The molecule has 4 rings (SSSR count). The van der Waals surface area contributed by atoms with Crippen LogP contribution in [0.4, 0.5) is 11.4 Å². The molecule has 8 nitrogen and oxygen atoms in total. The summed E-state index contributed by atoms with van der Waals surface area (Å²) in [7, 11) is 0. The van der Waals surface area contributed by atoms with Gasteiger partial charge in [0.2, 0.25) is 5.91 Å². The predicted octanol–water partition coefficient (Wildman–Crippen LogP) is 5.02. The van der Waals surface area contributed by atoms with E-state index in [0.29, 0.717) is 49.4 Å². The second kappa shape index (κ2) is 10.3. The summed E-state index contributed by atoms with van der Waals surface area (Å²) < 4.78 is 6.64. The average molecular weight is 511 g/mol. The Kier molecular flexibility index (Phi) is 7.18. The van der Waals surface area contributed by atoms with Crippen LogP contribution >= 0.6 is 22.9 Å². The summed E-state index contributed by atoms with van der Waals surface area (Å²) in [4.78, 5) is 43.7. The van der Waals surface area contributed by atoms with E-state index in [0.717, 1.165) is 16.9 Å². The Bertz CT molecular complexity index is 1480. The van der Waals surface area contributed by atoms with E-state index in [-0.39, 0.29) is 18.0 Å². The van der Waals surface area contributed by atoms with Crippen molar-refractivity contribution in [2.24, 2.45) is 0 Å². The van der Waals surface area contributed by atoms with Crippen molar-refractivity contribution in [1.82, 2.24) is 9.55 Å². The number of anilines is 2. The molecule has 2 amide bonds. The third-order valence-corrected chi connectivity index (χ3v) is 6.92. The lowest BCUT2D eigenvalue weighted by molar-refractivity contribution is -0.116. The summed E-state index contributed by atoms with van der Waals surface area (Å²) in [6, 6.07) is 12.2. The molecule has 10 heteroatoms. The van der Waals surface area contributed by atoms with Gasteiger partial charge in [-0.1, -0.05) is 17.7 Å². The van der Waals surface area contributed by atoms with Gasteiger partial charge in [0, 0.05) is 16.4 Å². The zero-order chi connectivity index (χ0) is 25.1. The molecule has 0 aliphatic rings. The van der Waals surface area contributed by atoms with Crippen molar-refractivity contribution in [2.45, 2.75) is 27.3 Å². The SMILES string of the molecule is CCOc1ccc(NC(=O)c2sc3ncn(CC(=O)Nc4ccc(C)c(Cl)c4)c(=O)c3c2C)cc1. The molecule has 2 aromatic heterocycles. The molecule has 2 heterocycles. The quantitative estimate of drug-likeness (QED) is 0.363. The number of benzene rings is 2. The van der Waals surface area contributed by atoms with Gasteiger partial charge in [-0.15, -0.1) is 11.3 Å². The van der Waals surface area contributed by atoms with Crippen molar-refractivity contribution in [2.75, 3.05) is 17.2 Å². The molecule has 0 atom stereocenters. The van der Waals surface area contributed by atoms with Gasteiger partial charge in [-0.05, 0) is 68.3 Å². The monoisotopic (exact) mass is 510 g/mol. The maximum atomic E-state index is 13.1. The van der Waals surface area contributed by atoms with Crippen molar-refractivity contribution < 1.29 is 14.3 Å². The van der Waals surface area contributed by atoms with E-state index >= 15 is 0 Å². The first-order chi connectivity index (χ1) is 16.8. The van der Waals surface area contributed by atoms with Crippen molar-refractivity contribution in [3.63, 3.8) is 0 Å². The predicted molar refractivity (Wildman–Crippen MR) is 139 cm³/mol. The maximum Gasteiger partial charge on any atom is 0.266 e. The molecular weight excluding hydrogens is 488 g/mol. The van der Waals surface area contributed by atoms with Gasteiger partial charge in [-0.25, -0.2) is 4.98 Å². The van der Waals surface area contributed by atoms with Crippen LogP contribution in [0.15, 0.2) is 53.6 Å². The molecule has 0 radical (unpaired) electrons. The van der Waals surface area contributed by atoms with Gasteiger partial charge in [-0.3, -0.25) is 19.0 Å². The Morgan fingerprint density at radius 2 is 1.80 bits per heavy atom. The largest absolute Gasteiger partial charge is 0.494 e. The number of nitrogens with one attached hydrogen (secondary N) is 2. The zero-order valence-electron chi connectivity index (χ0n) is 19.3. The lowest BCUT2D eigenvalue weighted by Gasteiger charge is -2.08. The van der Waals surface area contributed by atoms with E-state index in [4.69, 9.17) is 16.3 Å². The molecule has 2 aromatic carbocycles. The van der Waals surface area contributed by atoms with Crippen LogP contribution in [0.3, 0.4) is 0 Å². The van der Waals surface area contributed by atoms with Crippen LogP contribution in [0, 0.1) is 13.8 Å². The van der Waals surface area contributed by atoms with Crippen LogP contribution in [-0.4, -0.2) is 28.0 Å². The Morgan fingerprint density at radius 1 is 1.09 bits per heavy atom. The van der Waals surface area contributed by atoms with Crippen LogP contribution in [-0.2, 0) is 11.3 Å². The zero-order valence-corrected chi connectivity index (χ0v) is 20.9. The number of fused-ring (bicyclic) bond motifs is 1. The van der Waals surface area contributed by atoms with E-state index in [1.165, 1.54) is 10.9 Å². The van der Waals surface area contributed by atoms with Gasteiger partial charge < -0.3 is 15.4 Å². The van der Waals surface area contributed by atoms with E-state index in [9.17, 15) is 14.4 Å². The lowest BCUT2D eigenvalue weighted by Crippen LogP contribution is -2.28. The second-order valence-electron chi connectivity index (χ2n) is 7.84. The number of aryl methyl sites for hydroxylation is 2. The fourth-order valence-corrected chi connectivity index (χ4v) is 4.72. The Morgan fingerprint density at radius 3 is 2.49 bits per heavy atom. The third-order valence-electron chi connectivity index (χ3n) is 5.32.